The van der Waals surface area contributed by atoms with Crippen LogP contribution in [-0.2, 0) is 11.3 Å². The molecule has 1 amide bonds. The summed E-state index contributed by atoms with van der Waals surface area (Å²) in [6.07, 6.45) is 0.888. The number of hydrogen-bond acceptors (Lipinski definition) is 2. The molecule has 2 rings (SSSR count). The molecule has 0 aromatic heterocycles. The Labute approximate surface area is 101 Å². The number of hydrogen-bond donors (Lipinski definition) is 1. The summed E-state index contributed by atoms with van der Waals surface area (Å²) >= 11 is 0. The Bertz CT molecular complexity index is 408. The van der Waals surface area contributed by atoms with Crippen LogP contribution < -0.4 is 5.32 Å². The molecule has 1 aromatic carbocycles. The van der Waals surface area contributed by atoms with Gasteiger partial charge in [0, 0.05) is 18.7 Å². The molecule has 0 aliphatic carbocycles. The van der Waals surface area contributed by atoms with Gasteiger partial charge in [0.25, 0.3) is 0 Å². The number of halogens is 1. The minimum atomic E-state index is -0.267. The normalized spacial score (nSPS) is 20.5. The van der Waals surface area contributed by atoms with Crippen molar-refractivity contribution in [3.05, 3.63) is 35.6 Å². The fraction of sp³-hybridized carbons (Fsp3) is 0.462. The van der Waals surface area contributed by atoms with Gasteiger partial charge in [-0.15, -0.1) is 0 Å². The highest BCUT2D eigenvalue weighted by Gasteiger charge is 2.25. The summed E-state index contributed by atoms with van der Waals surface area (Å²) in [5, 5.41) is 2.80. The highest BCUT2D eigenvalue weighted by Crippen LogP contribution is 2.14. The monoisotopic (exact) mass is 236 g/mol. The average Bonchev–Trinajstić information content (AvgIpc) is 2.74. The smallest absolute Gasteiger partial charge is 0.224 e. The molecule has 92 valence electrons. The summed E-state index contributed by atoms with van der Waals surface area (Å²) in [5.74, 6) is -0.194. The van der Waals surface area contributed by atoms with E-state index in [4.69, 9.17) is 0 Å². The van der Waals surface area contributed by atoms with E-state index in [1.807, 2.05) is 7.05 Å². The molecule has 1 saturated heterocycles. The van der Waals surface area contributed by atoms with Gasteiger partial charge in [0.2, 0.25) is 5.91 Å². The lowest BCUT2D eigenvalue weighted by molar-refractivity contribution is -0.124. The predicted octanol–water partition coefficient (Wildman–Crippen LogP) is 1.39. The van der Waals surface area contributed by atoms with Crippen molar-refractivity contribution >= 4 is 5.91 Å². The minimum Gasteiger partial charge on any atom is -0.352 e. The van der Waals surface area contributed by atoms with Crippen molar-refractivity contribution in [2.24, 2.45) is 5.92 Å². The summed E-state index contributed by atoms with van der Waals surface area (Å²) in [4.78, 5) is 13.9. The van der Waals surface area contributed by atoms with Crippen LogP contribution in [0, 0.1) is 11.7 Å². The zero-order valence-electron chi connectivity index (χ0n) is 9.95. The first-order chi connectivity index (χ1) is 8.16. The van der Waals surface area contributed by atoms with Crippen LogP contribution in [0.5, 0.6) is 0 Å². The fourth-order valence-corrected chi connectivity index (χ4v) is 2.12. The van der Waals surface area contributed by atoms with E-state index in [0.717, 1.165) is 19.5 Å². The van der Waals surface area contributed by atoms with E-state index >= 15 is 0 Å². The van der Waals surface area contributed by atoms with Gasteiger partial charge >= 0.3 is 0 Å². The third-order valence-corrected chi connectivity index (χ3v) is 3.17. The number of carbonyl (C=O) groups is 1. The molecule has 4 heteroatoms. The molecule has 0 spiro atoms. The Balaban J connectivity index is 1.86. The maximum absolute atomic E-state index is 13.3. The standard InChI is InChI=1S/C13H17FN2O/c1-16-7-6-11(9-16)13(17)15-8-10-4-2-3-5-12(10)14/h2-5,11H,6-9H2,1H3,(H,15,17). The van der Waals surface area contributed by atoms with E-state index in [1.54, 1.807) is 18.2 Å². The van der Waals surface area contributed by atoms with Crippen molar-refractivity contribution in [2.75, 3.05) is 20.1 Å². The second kappa shape index (κ2) is 5.27. The molecule has 0 radical (unpaired) electrons. The maximum Gasteiger partial charge on any atom is 0.224 e. The van der Waals surface area contributed by atoms with Crippen LogP contribution in [0.2, 0.25) is 0 Å². The number of carbonyl (C=O) groups excluding carboxylic acids is 1. The lowest BCUT2D eigenvalue weighted by atomic mass is 10.1. The van der Waals surface area contributed by atoms with Crippen LogP contribution in [0.25, 0.3) is 0 Å². The minimum absolute atomic E-state index is 0.0256. The molecule has 17 heavy (non-hydrogen) atoms. The van der Waals surface area contributed by atoms with E-state index in [2.05, 4.69) is 10.2 Å². The summed E-state index contributed by atoms with van der Waals surface area (Å²) in [7, 11) is 2.00. The second-order valence-electron chi connectivity index (χ2n) is 4.56. The van der Waals surface area contributed by atoms with Crippen molar-refractivity contribution in [3.8, 4) is 0 Å². The van der Waals surface area contributed by atoms with Gasteiger partial charge in [0.1, 0.15) is 5.82 Å². The quantitative estimate of drug-likeness (QED) is 0.860. The molecule has 3 nitrogen and oxygen atoms in total. The van der Waals surface area contributed by atoms with Crippen LogP contribution >= 0.6 is 0 Å². The molecular formula is C13H17FN2O. The molecule has 1 N–H and O–H groups in total. The van der Waals surface area contributed by atoms with Crippen LogP contribution in [0.1, 0.15) is 12.0 Å². The largest absolute Gasteiger partial charge is 0.352 e. The number of nitrogens with one attached hydrogen (secondary N) is 1. The van der Waals surface area contributed by atoms with Crippen LogP contribution in [0.4, 0.5) is 4.39 Å². The third kappa shape index (κ3) is 3.03. The molecule has 0 saturated carbocycles. The number of amides is 1. The van der Waals surface area contributed by atoms with E-state index < -0.39 is 0 Å². The highest BCUT2D eigenvalue weighted by atomic mass is 19.1. The van der Waals surface area contributed by atoms with Crippen molar-refractivity contribution < 1.29 is 9.18 Å². The third-order valence-electron chi connectivity index (χ3n) is 3.17. The number of likely N-dealkylation sites (tertiary alicyclic amines) is 1. The Hall–Kier alpha value is -1.42. The summed E-state index contributed by atoms with van der Waals surface area (Å²) < 4.78 is 13.3. The van der Waals surface area contributed by atoms with Gasteiger partial charge in [-0.1, -0.05) is 18.2 Å². The topological polar surface area (TPSA) is 32.3 Å². The molecule has 1 aromatic rings. The van der Waals surface area contributed by atoms with E-state index in [1.165, 1.54) is 6.07 Å². The molecular weight excluding hydrogens is 219 g/mol. The highest BCUT2D eigenvalue weighted by molar-refractivity contribution is 5.79. The van der Waals surface area contributed by atoms with Gasteiger partial charge in [0.05, 0.1) is 5.92 Å². The molecule has 1 heterocycles. The first-order valence-corrected chi connectivity index (χ1v) is 5.86. The molecule has 0 bridgehead atoms. The first-order valence-electron chi connectivity index (χ1n) is 5.86. The van der Waals surface area contributed by atoms with Gasteiger partial charge < -0.3 is 10.2 Å². The lowest BCUT2D eigenvalue weighted by Gasteiger charge is -2.11. The Morgan fingerprint density at radius 1 is 1.53 bits per heavy atom. The van der Waals surface area contributed by atoms with Gasteiger partial charge in [0.15, 0.2) is 0 Å². The lowest BCUT2D eigenvalue weighted by Crippen LogP contribution is -2.31. The zero-order chi connectivity index (χ0) is 12.3. The molecule has 1 aliphatic rings. The van der Waals surface area contributed by atoms with Gasteiger partial charge in [-0.25, -0.2) is 4.39 Å². The van der Waals surface area contributed by atoms with Crippen molar-refractivity contribution in [3.63, 3.8) is 0 Å². The molecule has 1 atom stereocenters. The van der Waals surface area contributed by atoms with Crippen LogP contribution in [0.3, 0.4) is 0 Å². The van der Waals surface area contributed by atoms with Gasteiger partial charge in [-0.2, -0.15) is 0 Å². The summed E-state index contributed by atoms with van der Waals surface area (Å²) in [5.41, 5.74) is 0.534. The van der Waals surface area contributed by atoms with E-state index in [-0.39, 0.29) is 24.2 Å². The van der Waals surface area contributed by atoms with Crippen molar-refractivity contribution in [1.82, 2.24) is 10.2 Å². The fourth-order valence-electron chi connectivity index (χ4n) is 2.12. The SMILES string of the molecule is CN1CCC(C(=O)NCc2ccccc2F)C1. The van der Waals surface area contributed by atoms with Crippen LogP contribution in [-0.4, -0.2) is 30.9 Å². The number of benzene rings is 1. The summed E-state index contributed by atoms with van der Waals surface area (Å²) in [6.45, 7) is 2.02. The first kappa shape index (κ1) is 12.0. The molecule has 1 fully saturated rings. The number of rotatable bonds is 3. The van der Waals surface area contributed by atoms with Gasteiger partial charge in [-0.05, 0) is 26.1 Å². The molecule has 1 unspecified atom stereocenters. The summed E-state index contributed by atoms with van der Waals surface area (Å²) in [6, 6.07) is 6.52. The zero-order valence-corrected chi connectivity index (χ0v) is 9.95. The Morgan fingerprint density at radius 3 is 2.94 bits per heavy atom. The van der Waals surface area contributed by atoms with Crippen molar-refractivity contribution in [1.29, 1.82) is 0 Å². The Kier molecular flexibility index (Phi) is 3.74. The predicted molar refractivity (Wildman–Crippen MR) is 63.9 cm³/mol. The Morgan fingerprint density at radius 2 is 2.29 bits per heavy atom. The van der Waals surface area contributed by atoms with Crippen molar-refractivity contribution in [2.45, 2.75) is 13.0 Å². The molecule has 1 aliphatic heterocycles. The number of nitrogens with zero attached hydrogens (tertiary/aromatic N) is 1. The van der Waals surface area contributed by atoms with Crippen LogP contribution in [0.15, 0.2) is 24.3 Å². The second-order valence-corrected chi connectivity index (χ2v) is 4.56. The van der Waals surface area contributed by atoms with Gasteiger partial charge in [-0.3, -0.25) is 4.79 Å². The maximum atomic E-state index is 13.3. The van der Waals surface area contributed by atoms with E-state index in [9.17, 15) is 9.18 Å². The average molecular weight is 236 g/mol. The van der Waals surface area contributed by atoms with E-state index in [0.29, 0.717) is 5.56 Å².